The average Bonchev–Trinajstić information content (AvgIpc) is 2.46. The third-order valence-corrected chi connectivity index (χ3v) is 3.54. The fourth-order valence-electron chi connectivity index (χ4n) is 2.51. The molecule has 13 nitrogen and oxygen atoms in total. The van der Waals surface area contributed by atoms with Crippen LogP contribution in [0.3, 0.4) is 0 Å². The van der Waals surface area contributed by atoms with Crippen LogP contribution in [0.2, 0.25) is 0 Å². The van der Waals surface area contributed by atoms with Gasteiger partial charge in [-0.25, -0.2) is 14.4 Å². The van der Waals surface area contributed by atoms with Crippen LogP contribution in [-0.4, -0.2) is 124 Å². The molecule has 0 fully saturated rings. The molecule has 0 spiro atoms. The van der Waals surface area contributed by atoms with Crippen molar-refractivity contribution in [3.63, 3.8) is 0 Å². The maximum Gasteiger partial charge on any atom is 0.359 e. The number of quaternary nitrogens is 1. The topological polar surface area (TPSA) is 202 Å². The second kappa shape index (κ2) is 11.8. The second-order valence-electron chi connectivity index (χ2n) is 5.96. The molecule has 0 saturated heterocycles. The van der Waals surface area contributed by atoms with Gasteiger partial charge in [-0.3, -0.25) is 19.0 Å². The van der Waals surface area contributed by atoms with Crippen molar-refractivity contribution in [2.75, 3.05) is 58.9 Å². The van der Waals surface area contributed by atoms with Gasteiger partial charge in [-0.1, -0.05) is 0 Å². The first-order valence-electron chi connectivity index (χ1n) is 7.83. The van der Waals surface area contributed by atoms with Crippen LogP contribution in [0.4, 0.5) is 0 Å². The van der Waals surface area contributed by atoms with Gasteiger partial charge in [0.25, 0.3) is 0 Å². The number of carboxylic acids is 5. The minimum absolute atomic E-state index is 0.0884. The lowest BCUT2D eigenvalue weighted by Gasteiger charge is -2.36. The van der Waals surface area contributed by atoms with E-state index in [9.17, 15) is 24.0 Å². The summed E-state index contributed by atoms with van der Waals surface area (Å²) >= 11 is 0. The lowest BCUT2D eigenvalue weighted by molar-refractivity contribution is -0.907. The van der Waals surface area contributed by atoms with Crippen LogP contribution in [-0.2, 0) is 24.0 Å². The van der Waals surface area contributed by atoms with E-state index < -0.39 is 60.5 Å². The predicted molar refractivity (Wildman–Crippen MR) is 87.2 cm³/mol. The fourth-order valence-corrected chi connectivity index (χ4v) is 2.51. The lowest BCUT2D eigenvalue weighted by atomic mass is 10.2. The summed E-state index contributed by atoms with van der Waals surface area (Å²) in [6, 6.07) is 0. The van der Waals surface area contributed by atoms with E-state index in [0.29, 0.717) is 0 Å². The first kappa shape index (κ1) is 24.2. The number of hydrogen-bond acceptors (Lipinski definition) is 7. The first-order valence-corrected chi connectivity index (χ1v) is 7.83. The molecule has 0 radical (unpaired) electrons. The lowest BCUT2D eigenvalue weighted by Crippen LogP contribution is -2.59. The van der Waals surface area contributed by atoms with Crippen molar-refractivity contribution >= 4 is 29.8 Å². The Kier molecular flexibility index (Phi) is 10.6. The Morgan fingerprint density at radius 3 is 1.56 bits per heavy atom. The van der Waals surface area contributed by atoms with Crippen molar-refractivity contribution in [2.45, 2.75) is 0 Å². The second-order valence-corrected chi connectivity index (χ2v) is 5.96. The highest BCUT2D eigenvalue weighted by molar-refractivity contribution is 5.73. The standard InChI is InChI=1S/C14H23N3O10/c18-10(19)5-15-1-2-16(6-11(20)21)3-4-17(7-12(22)23,8-13(24)25)9-14(26)27/h15H,1-9H2,(H4-,18,19,20,21,22,23,24,25,26,27)/p+1. The van der Waals surface area contributed by atoms with Gasteiger partial charge in [0.05, 0.1) is 19.6 Å². The minimum atomic E-state index is -1.38. The van der Waals surface area contributed by atoms with E-state index in [1.807, 2.05) is 0 Å². The summed E-state index contributed by atoms with van der Waals surface area (Å²) in [7, 11) is 0. The van der Waals surface area contributed by atoms with Crippen LogP contribution in [0.15, 0.2) is 0 Å². The molecule has 0 unspecified atom stereocenters. The third-order valence-electron chi connectivity index (χ3n) is 3.54. The number of nitrogens with zero attached hydrogens (tertiary/aromatic N) is 2. The molecule has 0 aliphatic carbocycles. The molecule has 154 valence electrons. The van der Waals surface area contributed by atoms with Crippen LogP contribution >= 0.6 is 0 Å². The van der Waals surface area contributed by atoms with Gasteiger partial charge in [0.2, 0.25) is 0 Å². The molecule has 0 heterocycles. The van der Waals surface area contributed by atoms with Gasteiger partial charge >= 0.3 is 29.8 Å². The van der Waals surface area contributed by atoms with Gasteiger partial charge in [0.1, 0.15) is 0 Å². The highest BCUT2D eigenvalue weighted by atomic mass is 16.4. The molecule has 0 aromatic rings. The number of nitrogens with one attached hydrogen (secondary N) is 1. The van der Waals surface area contributed by atoms with Crippen molar-refractivity contribution in [1.29, 1.82) is 0 Å². The zero-order valence-electron chi connectivity index (χ0n) is 14.5. The fraction of sp³-hybridized carbons (Fsp3) is 0.643. The molecule has 0 aliphatic heterocycles. The maximum absolute atomic E-state index is 11.1. The molecular weight excluding hydrogens is 370 g/mol. The predicted octanol–water partition coefficient (Wildman–Crippen LogP) is -2.88. The van der Waals surface area contributed by atoms with Gasteiger partial charge in [0, 0.05) is 19.6 Å². The Bertz CT molecular complexity index is 525. The Labute approximate surface area is 154 Å². The van der Waals surface area contributed by atoms with E-state index in [0.717, 1.165) is 0 Å². The number of carboxylic acid groups (broad SMARTS) is 5. The molecule has 0 aromatic heterocycles. The van der Waals surface area contributed by atoms with Crippen LogP contribution in [0.1, 0.15) is 0 Å². The zero-order valence-corrected chi connectivity index (χ0v) is 14.5. The van der Waals surface area contributed by atoms with Crippen molar-refractivity contribution in [3.8, 4) is 0 Å². The molecule has 27 heavy (non-hydrogen) atoms. The molecule has 0 aromatic carbocycles. The highest BCUT2D eigenvalue weighted by Gasteiger charge is 2.36. The number of rotatable bonds is 16. The van der Waals surface area contributed by atoms with E-state index in [1.165, 1.54) is 4.90 Å². The number of aliphatic carboxylic acids is 5. The molecule has 6 N–H and O–H groups in total. The molecule has 0 amide bonds. The quantitative estimate of drug-likeness (QED) is 0.115. The highest BCUT2D eigenvalue weighted by Crippen LogP contribution is 2.08. The van der Waals surface area contributed by atoms with E-state index in [2.05, 4.69) is 5.32 Å². The van der Waals surface area contributed by atoms with Crippen LogP contribution < -0.4 is 5.32 Å². The van der Waals surface area contributed by atoms with E-state index in [-0.39, 0.29) is 32.7 Å². The smallest absolute Gasteiger partial charge is 0.359 e. The number of carbonyl (C=O) groups is 5. The Hall–Kier alpha value is -2.77. The van der Waals surface area contributed by atoms with Crippen LogP contribution in [0.25, 0.3) is 0 Å². The normalized spacial score (nSPS) is 11.3. The van der Waals surface area contributed by atoms with E-state index in [4.69, 9.17) is 25.5 Å². The summed E-state index contributed by atoms with van der Waals surface area (Å²) in [5, 5.41) is 47.2. The van der Waals surface area contributed by atoms with Crippen molar-refractivity contribution in [2.24, 2.45) is 0 Å². The van der Waals surface area contributed by atoms with Gasteiger partial charge in [0.15, 0.2) is 19.6 Å². The summed E-state index contributed by atoms with van der Waals surface area (Å²) in [6.07, 6.45) is 0. The summed E-state index contributed by atoms with van der Waals surface area (Å²) in [5.41, 5.74) is 0. The first-order chi connectivity index (χ1) is 12.5. The maximum atomic E-state index is 11.1. The van der Waals surface area contributed by atoms with Gasteiger partial charge in [-0.05, 0) is 0 Å². The summed E-state index contributed by atoms with van der Waals surface area (Å²) in [4.78, 5) is 56.1. The van der Waals surface area contributed by atoms with Gasteiger partial charge < -0.3 is 30.8 Å². The molecule has 0 saturated carbocycles. The summed E-state index contributed by atoms with van der Waals surface area (Å²) in [6.45, 7) is -3.15. The SMILES string of the molecule is O=C(O)CNCCN(CC[N+](CC(=O)O)(CC(=O)O)CC(=O)O)CC(=O)O. The molecular formula is C14H24N3O10+. The Morgan fingerprint density at radius 1 is 0.704 bits per heavy atom. The molecule has 0 rings (SSSR count). The average molecular weight is 394 g/mol. The zero-order chi connectivity index (χ0) is 21.0. The monoisotopic (exact) mass is 394 g/mol. The van der Waals surface area contributed by atoms with Crippen LogP contribution in [0.5, 0.6) is 0 Å². The molecule has 0 atom stereocenters. The minimum Gasteiger partial charge on any atom is -0.480 e. The largest absolute Gasteiger partial charge is 0.480 e. The van der Waals surface area contributed by atoms with Gasteiger partial charge in [-0.15, -0.1) is 0 Å². The van der Waals surface area contributed by atoms with E-state index >= 15 is 0 Å². The summed E-state index contributed by atoms with van der Waals surface area (Å²) in [5.74, 6) is -6.44. The van der Waals surface area contributed by atoms with Gasteiger partial charge in [-0.2, -0.15) is 0 Å². The summed E-state index contributed by atoms with van der Waals surface area (Å²) < 4.78 is -0.793. The Balaban J connectivity index is 5.15. The molecule has 0 bridgehead atoms. The van der Waals surface area contributed by atoms with Crippen molar-refractivity contribution in [3.05, 3.63) is 0 Å². The van der Waals surface area contributed by atoms with Crippen molar-refractivity contribution < 1.29 is 54.0 Å². The molecule has 13 heteroatoms. The van der Waals surface area contributed by atoms with Crippen molar-refractivity contribution in [1.82, 2.24) is 10.2 Å². The van der Waals surface area contributed by atoms with E-state index in [1.54, 1.807) is 0 Å². The Morgan fingerprint density at radius 2 is 1.19 bits per heavy atom. The third kappa shape index (κ3) is 12.3. The molecule has 0 aliphatic rings. The van der Waals surface area contributed by atoms with Crippen LogP contribution in [0, 0.1) is 0 Å². The number of hydrogen-bond donors (Lipinski definition) is 6.